The molecular weight excluding hydrogens is 324 g/mol. The van der Waals surface area contributed by atoms with Crippen molar-refractivity contribution in [1.29, 1.82) is 0 Å². The van der Waals surface area contributed by atoms with Crippen LogP contribution in [0.1, 0.15) is 29.6 Å². The Morgan fingerprint density at radius 2 is 1.84 bits per heavy atom. The number of rotatable bonds is 5. The zero-order chi connectivity index (χ0) is 17.9. The summed E-state index contributed by atoms with van der Waals surface area (Å²) in [4.78, 5) is 24.6. The predicted octanol–water partition coefficient (Wildman–Crippen LogP) is 1.53. The smallest absolute Gasteiger partial charge is 0.339 e. The first-order chi connectivity index (χ1) is 12.0. The average molecular weight is 344 g/mol. The quantitative estimate of drug-likeness (QED) is 0.621. The summed E-state index contributed by atoms with van der Waals surface area (Å²) in [5.74, 6) is -1.12. The molecule has 4 atom stereocenters. The Morgan fingerprint density at radius 1 is 1.08 bits per heavy atom. The molecule has 0 radical (unpaired) electrons. The first-order valence-electron chi connectivity index (χ1n) is 8.17. The van der Waals surface area contributed by atoms with Crippen LogP contribution in [0, 0.1) is 0 Å². The lowest BCUT2D eigenvalue weighted by Crippen LogP contribution is -2.36. The topological polar surface area (TPSA) is 93.1 Å². The molecule has 0 unspecified atom stereocenters. The van der Waals surface area contributed by atoms with Crippen LogP contribution in [-0.2, 0) is 14.3 Å². The van der Waals surface area contributed by atoms with Gasteiger partial charge < -0.3 is 19.7 Å². The monoisotopic (exact) mass is 344 g/mol. The molecule has 6 heteroatoms. The highest BCUT2D eigenvalue weighted by molar-refractivity contribution is 5.90. The fraction of sp³-hybridized carbons (Fsp3) is 0.368. The zero-order valence-electron chi connectivity index (χ0n) is 13.6. The van der Waals surface area contributed by atoms with Gasteiger partial charge in [0.2, 0.25) is 0 Å². The fourth-order valence-electron chi connectivity index (χ4n) is 3.03. The molecule has 2 aliphatic carbocycles. The minimum absolute atomic E-state index is 0.101. The van der Waals surface area contributed by atoms with Gasteiger partial charge in [0, 0.05) is 12.8 Å². The molecule has 6 nitrogen and oxygen atoms in total. The third-order valence-corrected chi connectivity index (χ3v) is 4.23. The normalized spacial score (nSPS) is 30.4. The molecule has 0 aromatic heterocycles. The molecule has 1 aromatic carbocycles. The molecule has 25 heavy (non-hydrogen) atoms. The van der Waals surface area contributed by atoms with Gasteiger partial charge >= 0.3 is 11.9 Å². The van der Waals surface area contributed by atoms with Gasteiger partial charge in [-0.25, -0.2) is 4.79 Å². The Hall–Kier alpha value is -2.44. The highest BCUT2D eigenvalue weighted by Gasteiger charge is 2.41. The van der Waals surface area contributed by atoms with E-state index in [-0.39, 0.29) is 12.8 Å². The third kappa shape index (κ3) is 4.35. The minimum atomic E-state index is -1.23. The third-order valence-electron chi connectivity index (χ3n) is 4.23. The van der Waals surface area contributed by atoms with Crippen molar-refractivity contribution in [2.24, 2.45) is 0 Å². The molecule has 0 saturated heterocycles. The van der Waals surface area contributed by atoms with Gasteiger partial charge in [0.05, 0.1) is 24.2 Å². The van der Waals surface area contributed by atoms with E-state index >= 15 is 0 Å². The lowest BCUT2D eigenvalue weighted by atomic mass is 9.98. The Balaban J connectivity index is 1.67. The van der Waals surface area contributed by atoms with E-state index in [0.717, 1.165) is 0 Å². The number of benzene rings is 1. The van der Waals surface area contributed by atoms with Crippen LogP contribution in [0.5, 0.6) is 0 Å². The van der Waals surface area contributed by atoms with Crippen molar-refractivity contribution >= 4 is 11.9 Å². The first-order valence-corrected chi connectivity index (χ1v) is 8.17. The van der Waals surface area contributed by atoms with E-state index in [0.29, 0.717) is 12.0 Å². The maximum atomic E-state index is 12.3. The van der Waals surface area contributed by atoms with E-state index in [2.05, 4.69) is 0 Å². The van der Waals surface area contributed by atoms with Crippen LogP contribution in [-0.4, -0.2) is 46.1 Å². The second kappa shape index (κ2) is 7.21. The number of ether oxygens (including phenoxy) is 2. The SMILES string of the molecule is O=C(C[C@]1(OC(=O)c2ccccc2)C=C[C@H](O)C1)O[C@H]1C=C[C@@H](O)C1. The summed E-state index contributed by atoms with van der Waals surface area (Å²) in [6.45, 7) is 0. The minimum Gasteiger partial charge on any atom is -0.458 e. The standard InChI is InChI=1S/C19H20O6/c20-14-6-7-16(10-14)24-17(22)12-19(9-8-15(21)11-19)25-18(23)13-4-2-1-3-5-13/h1-9,14-16,20-21H,10-12H2/t14-,15+,16+,19+/m1/s1. The predicted molar refractivity (Wildman–Crippen MR) is 88.6 cm³/mol. The van der Waals surface area contributed by atoms with Crippen molar-refractivity contribution in [3.63, 3.8) is 0 Å². The van der Waals surface area contributed by atoms with Crippen molar-refractivity contribution in [3.8, 4) is 0 Å². The van der Waals surface area contributed by atoms with Crippen LogP contribution in [0.15, 0.2) is 54.6 Å². The van der Waals surface area contributed by atoms with Crippen LogP contribution in [0.25, 0.3) is 0 Å². The lowest BCUT2D eigenvalue weighted by molar-refractivity contribution is -0.151. The maximum absolute atomic E-state index is 12.3. The highest BCUT2D eigenvalue weighted by atomic mass is 16.6. The summed E-state index contributed by atoms with van der Waals surface area (Å²) < 4.78 is 10.9. The molecular formula is C19H20O6. The zero-order valence-corrected chi connectivity index (χ0v) is 13.6. The second-order valence-electron chi connectivity index (χ2n) is 6.34. The van der Waals surface area contributed by atoms with Gasteiger partial charge in [0.1, 0.15) is 11.7 Å². The van der Waals surface area contributed by atoms with Crippen molar-refractivity contribution < 1.29 is 29.3 Å². The Bertz CT molecular complexity index is 695. The van der Waals surface area contributed by atoms with Gasteiger partial charge in [-0.3, -0.25) is 4.79 Å². The number of hydrogen-bond donors (Lipinski definition) is 2. The van der Waals surface area contributed by atoms with Crippen LogP contribution >= 0.6 is 0 Å². The van der Waals surface area contributed by atoms with Crippen molar-refractivity contribution in [3.05, 3.63) is 60.2 Å². The molecule has 0 spiro atoms. The summed E-state index contributed by atoms with van der Waals surface area (Å²) in [6.07, 6.45) is 4.58. The van der Waals surface area contributed by atoms with Crippen LogP contribution in [0.3, 0.4) is 0 Å². The number of carbonyl (C=O) groups is 2. The molecule has 3 rings (SSSR count). The molecule has 0 heterocycles. The summed E-state index contributed by atoms with van der Waals surface area (Å²) in [5, 5.41) is 19.2. The largest absolute Gasteiger partial charge is 0.458 e. The van der Waals surface area contributed by atoms with Crippen molar-refractivity contribution in [2.45, 2.75) is 43.2 Å². The van der Waals surface area contributed by atoms with E-state index in [4.69, 9.17) is 9.47 Å². The Labute approximate surface area is 145 Å². The molecule has 2 N–H and O–H groups in total. The molecule has 0 amide bonds. The van der Waals surface area contributed by atoms with Crippen molar-refractivity contribution in [1.82, 2.24) is 0 Å². The van der Waals surface area contributed by atoms with Gasteiger partial charge in [-0.1, -0.05) is 30.4 Å². The maximum Gasteiger partial charge on any atom is 0.339 e. The number of esters is 2. The van der Waals surface area contributed by atoms with Crippen LogP contribution < -0.4 is 0 Å². The summed E-state index contributed by atoms with van der Waals surface area (Å²) in [5.41, 5.74) is -0.864. The number of carbonyl (C=O) groups excluding carboxylic acids is 2. The van der Waals surface area contributed by atoms with E-state index in [1.54, 1.807) is 48.6 Å². The van der Waals surface area contributed by atoms with Gasteiger partial charge in [-0.2, -0.15) is 0 Å². The summed E-state index contributed by atoms with van der Waals surface area (Å²) in [6, 6.07) is 8.46. The number of aliphatic hydroxyl groups is 2. The summed E-state index contributed by atoms with van der Waals surface area (Å²) in [7, 11) is 0. The molecule has 1 aromatic rings. The summed E-state index contributed by atoms with van der Waals surface area (Å²) >= 11 is 0. The number of aliphatic hydroxyl groups excluding tert-OH is 2. The van der Waals surface area contributed by atoms with Gasteiger partial charge in [0.15, 0.2) is 0 Å². The van der Waals surface area contributed by atoms with Gasteiger partial charge in [-0.05, 0) is 24.3 Å². The van der Waals surface area contributed by atoms with E-state index < -0.39 is 35.9 Å². The van der Waals surface area contributed by atoms with E-state index in [1.165, 1.54) is 6.08 Å². The van der Waals surface area contributed by atoms with Gasteiger partial charge in [0.25, 0.3) is 0 Å². The number of hydrogen-bond acceptors (Lipinski definition) is 6. The van der Waals surface area contributed by atoms with Crippen LogP contribution in [0.2, 0.25) is 0 Å². The van der Waals surface area contributed by atoms with Crippen LogP contribution in [0.4, 0.5) is 0 Å². The molecule has 2 aliphatic rings. The molecule has 0 bridgehead atoms. The Kier molecular flexibility index (Phi) is 5.01. The average Bonchev–Trinajstić information content (AvgIpc) is 3.14. The van der Waals surface area contributed by atoms with Crippen molar-refractivity contribution in [2.75, 3.05) is 0 Å². The Morgan fingerprint density at radius 3 is 2.44 bits per heavy atom. The highest BCUT2D eigenvalue weighted by Crippen LogP contribution is 2.32. The lowest BCUT2D eigenvalue weighted by Gasteiger charge is -2.27. The fourth-order valence-corrected chi connectivity index (χ4v) is 3.03. The first kappa shape index (κ1) is 17.4. The molecule has 0 fully saturated rings. The molecule has 132 valence electrons. The van der Waals surface area contributed by atoms with Gasteiger partial charge in [-0.15, -0.1) is 0 Å². The molecule has 0 aliphatic heterocycles. The van der Waals surface area contributed by atoms with E-state index in [9.17, 15) is 19.8 Å². The van der Waals surface area contributed by atoms with E-state index in [1.807, 2.05) is 0 Å². The second-order valence-corrected chi connectivity index (χ2v) is 6.34. The molecule has 0 saturated carbocycles.